The molecule has 0 amide bonds. The summed E-state index contributed by atoms with van der Waals surface area (Å²) in [7, 11) is 0. The van der Waals surface area contributed by atoms with E-state index in [-0.39, 0.29) is 11.4 Å². The number of allylic oxidation sites excluding steroid dienone is 1. The van der Waals surface area contributed by atoms with E-state index in [0.717, 1.165) is 16.8 Å². The fraction of sp³-hybridized carbons (Fsp3) is 0.0833. The lowest BCUT2D eigenvalue weighted by Crippen LogP contribution is -2.19. The van der Waals surface area contributed by atoms with Gasteiger partial charge in [-0.15, -0.1) is 0 Å². The molecule has 3 aromatic rings. The van der Waals surface area contributed by atoms with Gasteiger partial charge < -0.3 is 10.0 Å². The predicted octanol–water partition coefficient (Wildman–Crippen LogP) is 5.60. The number of halogens is 1. The first-order valence-electron chi connectivity index (χ1n) is 8.95. The zero-order valence-corrected chi connectivity index (χ0v) is 15.9. The maximum atomic E-state index is 13.2. The molecule has 0 aromatic heterocycles. The second kappa shape index (κ2) is 8.41. The van der Waals surface area contributed by atoms with Gasteiger partial charge in [-0.05, 0) is 66.6 Å². The van der Waals surface area contributed by atoms with Gasteiger partial charge in [-0.25, -0.2) is 9.18 Å². The van der Waals surface area contributed by atoms with Crippen LogP contribution in [0.15, 0.2) is 79.0 Å². The third-order valence-corrected chi connectivity index (χ3v) is 4.56. The summed E-state index contributed by atoms with van der Waals surface area (Å²) in [5, 5.41) is 18.5. The Bertz CT molecular complexity index is 1110. The summed E-state index contributed by atoms with van der Waals surface area (Å²) in [6.07, 6.45) is 0.441. The summed E-state index contributed by atoms with van der Waals surface area (Å²) in [6.45, 7) is 6.09. The first-order valence-corrected chi connectivity index (χ1v) is 8.95. The van der Waals surface area contributed by atoms with Crippen molar-refractivity contribution in [2.45, 2.75) is 13.3 Å². The van der Waals surface area contributed by atoms with Gasteiger partial charge in [0.05, 0.1) is 17.2 Å². The molecule has 29 heavy (non-hydrogen) atoms. The molecule has 0 spiro atoms. The van der Waals surface area contributed by atoms with Crippen molar-refractivity contribution in [3.05, 3.63) is 107 Å². The van der Waals surface area contributed by atoms with Crippen molar-refractivity contribution in [1.29, 1.82) is 5.26 Å². The standard InChI is InChI=1S/C24H19FN2O2/c1-16-12-19(15-26)8-11-23(16)27(22-5-3-4-20(14-22)24(28)29)17(2)13-18-6-9-21(25)10-7-18/h3-12,14H,2,13H2,1H3,(H,28,29). The number of carboxylic acids is 1. The highest BCUT2D eigenvalue weighted by Crippen LogP contribution is 2.34. The molecule has 0 fully saturated rings. The highest BCUT2D eigenvalue weighted by molar-refractivity contribution is 5.89. The van der Waals surface area contributed by atoms with E-state index in [1.807, 2.05) is 17.9 Å². The van der Waals surface area contributed by atoms with Crippen LogP contribution >= 0.6 is 0 Å². The Morgan fingerprint density at radius 2 is 1.86 bits per heavy atom. The van der Waals surface area contributed by atoms with Gasteiger partial charge in [0, 0.05) is 23.5 Å². The molecular weight excluding hydrogens is 367 g/mol. The van der Waals surface area contributed by atoms with Crippen LogP contribution in [0.3, 0.4) is 0 Å². The molecule has 3 aromatic carbocycles. The monoisotopic (exact) mass is 386 g/mol. The molecule has 0 aliphatic rings. The van der Waals surface area contributed by atoms with Crippen LogP contribution in [0.5, 0.6) is 0 Å². The molecule has 3 rings (SSSR count). The summed E-state index contributed by atoms with van der Waals surface area (Å²) < 4.78 is 13.2. The maximum absolute atomic E-state index is 13.2. The van der Waals surface area contributed by atoms with E-state index in [2.05, 4.69) is 12.6 Å². The summed E-state index contributed by atoms with van der Waals surface area (Å²) >= 11 is 0. The fourth-order valence-corrected chi connectivity index (χ4v) is 3.16. The SMILES string of the molecule is C=C(Cc1ccc(F)cc1)N(c1cccc(C(=O)O)c1)c1ccc(C#N)cc1C. The highest BCUT2D eigenvalue weighted by atomic mass is 19.1. The third kappa shape index (κ3) is 4.50. The van der Waals surface area contributed by atoms with Gasteiger partial charge in [0.15, 0.2) is 0 Å². The minimum atomic E-state index is -1.02. The Morgan fingerprint density at radius 3 is 2.48 bits per heavy atom. The molecule has 0 heterocycles. The number of nitriles is 1. The van der Waals surface area contributed by atoms with Crippen LogP contribution in [0.4, 0.5) is 15.8 Å². The molecule has 0 atom stereocenters. The van der Waals surface area contributed by atoms with E-state index in [0.29, 0.717) is 23.4 Å². The van der Waals surface area contributed by atoms with E-state index in [9.17, 15) is 14.3 Å². The number of rotatable bonds is 6. The Labute approximate surface area is 168 Å². The Balaban J connectivity index is 2.07. The van der Waals surface area contributed by atoms with E-state index >= 15 is 0 Å². The van der Waals surface area contributed by atoms with Gasteiger partial charge in [0.1, 0.15) is 5.82 Å². The molecule has 0 aliphatic heterocycles. The lowest BCUT2D eigenvalue weighted by molar-refractivity contribution is 0.0697. The van der Waals surface area contributed by atoms with Crippen LogP contribution in [0.1, 0.15) is 27.0 Å². The molecule has 0 radical (unpaired) electrons. The van der Waals surface area contributed by atoms with Crippen LogP contribution in [0.2, 0.25) is 0 Å². The number of aryl methyl sites for hydroxylation is 1. The van der Waals surface area contributed by atoms with Gasteiger partial charge in [-0.2, -0.15) is 5.26 Å². The molecule has 144 valence electrons. The number of benzene rings is 3. The highest BCUT2D eigenvalue weighted by Gasteiger charge is 2.17. The van der Waals surface area contributed by atoms with Crippen LogP contribution in [0, 0.1) is 24.1 Å². The molecule has 0 aliphatic carbocycles. The normalized spacial score (nSPS) is 10.2. The number of carboxylic acid groups (broad SMARTS) is 1. The largest absolute Gasteiger partial charge is 0.478 e. The molecule has 1 N–H and O–H groups in total. The Morgan fingerprint density at radius 1 is 1.14 bits per heavy atom. The van der Waals surface area contributed by atoms with Crippen LogP contribution in [-0.2, 0) is 6.42 Å². The Hall–Kier alpha value is -3.91. The number of hydrogen-bond donors (Lipinski definition) is 1. The summed E-state index contributed by atoms with van der Waals surface area (Å²) in [6, 6.07) is 20.2. The third-order valence-electron chi connectivity index (χ3n) is 4.56. The quantitative estimate of drug-likeness (QED) is 0.599. The lowest BCUT2D eigenvalue weighted by Gasteiger charge is -2.29. The maximum Gasteiger partial charge on any atom is 0.335 e. The molecule has 0 saturated heterocycles. The first-order chi connectivity index (χ1) is 13.9. The van der Waals surface area contributed by atoms with E-state index < -0.39 is 5.97 Å². The van der Waals surface area contributed by atoms with Crippen LogP contribution < -0.4 is 4.90 Å². The molecule has 0 unspecified atom stereocenters. The summed E-state index contributed by atoms with van der Waals surface area (Å²) in [5.41, 5.74) is 4.55. The van der Waals surface area contributed by atoms with Crippen LogP contribution in [0.25, 0.3) is 0 Å². The minimum absolute atomic E-state index is 0.161. The van der Waals surface area contributed by atoms with Crippen molar-refractivity contribution in [3.8, 4) is 6.07 Å². The van der Waals surface area contributed by atoms with E-state index in [4.69, 9.17) is 5.26 Å². The van der Waals surface area contributed by atoms with Gasteiger partial charge in [0.25, 0.3) is 0 Å². The molecule has 0 saturated carbocycles. The van der Waals surface area contributed by atoms with Gasteiger partial charge in [0.2, 0.25) is 0 Å². The van der Waals surface area contributed by atoms with Gasteiger partial charge >= 0.3 is 5.97 Å². The second-order valence-electron chi connectivity index (χ2n) is 6.67. The Kier molecular flexibility index (Phi) is 5.75. The van der Waals surface area contributed by atoms with Crippen molar-refractivity contribution in [2.24, 2.45) is 0 Å². The van der Waals surface area contributed by atoms with Crippen molar-refractivity contribution < 1.29 is 14.3 Å². The number of nitrogens with zero attached hydrogens (tertiary/aromatic N) is 2. The second-order valence-corrected chi connectivity index (χ2v) is 6.67. The molecule has 0 bridgehead atoms. The van der Waals surface area contributed by atoms with Gasteiger partial charge in [-0.3, -0.25) is 0 Å². The topological polar surface area (TPSA) is 64.3 Å². The average molecular weight is 386 g/mol. The zero-order chi connectivity index (χ0) is 21.0. The number of carbonyl (C=O) groups is 1. The van der Waals surface area contributed by atoms with Crippen molar-refractivity contribution in [3.63, 3.8) is 0 Å². The van der Waals surface area contributed by atoms with E-state index in [1.165, 1.54) is 18.2 Å². The fourth-order valence-electron chi connectivity index (χ4n) is 3.16. The van der Waals surface area contributed by atoms with Crippen molar-refractivity contribution >= 4 is 17.3 Å². The molecular formula is C24H19FN2O2. The van der Waals surface area contributed by atoms with Crippen molar-refractivity contribution in [1.82, 2.24) is 0 Å². The number of anilines is 2. The smallest absolute Gasteiger partial charge is 0.335 e. The average Bonchev–Trinajstić information content (AvgIpc) is 2.71. The van der Waals surface area contributed by atoms with Crippen molar-refractivity contribution in [2.75, 3.05) is 4.90 Å². The minimum Gasteiger partial charge on any atom is -0.478 e. The molecule has 5 heteroatoms. The predicted molar refractivity (Wildman–Crippen MR) is 111 cm³/mol. The summed E-state index contributed by atoms with van der Waals surface area (Å²) in [4.78, 5) is 13.3. The number of hydrogen-bond acceptors (Lipinski definition) is 3. The lowest BCUT2D eigenvalue weighted by atomic mass is 10.0. The zero-order valence-electron chi connectivity index (χ0n) is 15.9. The van der Waals surface area contributed by atoms with E-state index in [1.54, 1.807) is 42.5 Å². The molecule has 4 nitrogen and oxygen atoms in total. The first kappa shape index (κ1) is 19.8. The number of aromatic carboxylic acids is 1. The van der Waals surface area contributed by atoms with Crippen LogP contribution in [-0.4, -0.2) is 11.1 Å². The summed E-state index contributed by atoms with van der Waals surface area (Å²) in [5.74, 6) is -1.33. The van der Waals surface area contributed by atoms with Gasteiger partial charge in [-0.1, -0.05) is 24.8 Å².